The molecule has 0 bridgehead atoms. The first-order chi connectivity index (χ1) is 12.9. The first-order valence-electron chi connectivity index (χ1n) is 9.02. The number of hydrogen-bond acceptors (Lipinski definition) is 5. The number of nitrogens with one attached hydrogen (secondary N) is 2. The fourth-order valence-corrected chi connectivity index (χ4v) is 2.66. The molecule has 3 aromatic rings. The van der Waals surface area contributed by atoms with Gasteiger partial charge in [0.05, 0.1) is 12.8 Å². The highest BCUT2D eigenvalue weighted by Crippen LogP contribution is 2.23. The second kappa shape index (κ2) is 8.08. The smallest absolute Gasteiger partial charge is 0.225 e. The average molecular weight is 362 g/mol. The van der Waals surface area contributed by atoms with Crippen LogP contribution in [0, 0.1) is 0 Å². The molecule has 3 rings (SSSR count). The predicted octanol–water partition coefficient (Wildman–Crippen LogP) is 4.97. The molecule has 0 fully saturated rings. The number of ether oxygens (including phenoxy) is 1. The van der Waals surface area contributed by atoms with Crippen molar-refractivity contribution >= 4 is 11.8 Å². The van der Waals surface area contributed by atoms with Crippen LogP contribution in [0.3, 0.4) is 0 Å². The second-order valence-electron chi connectivity index (χ2n) is 7.41. The zero-order valence-electron chi connectivity index (χ0n) is 16.3. The zero-order valence-corrected chi connectivity index (χ0v) is 16.3. The Labute approximate surface area is 160 Å². The summed E-state index contributed by atoms with van der Waals surface area (Å²) >= 11 is 0. The van der Waals surface area contributed by atoms with Crippen molar-refractivity contribution in [3.8, 4) is 17.0 Å². The van der Waals surface area contributed by atoms with Crippen molar-refractivity contribution in [3.05, 3.63) is 66.2 Å². The Morgan fingerprint density at radius 3 is 2.41 bits per heavy atom. The molecule has 5 heteroatoms. The summed E-state index contributed by atoms with van der Waals surface area (Å²) in [7, 11) is 1.67. The maximum absolute atomic E-state index is 5.29. The topological polar surface area (TPSA) is 59.1 Å². The monoisotopic (exact) mass is 362 g/mol. The molecule has 0 radical (unpaired) electrons. The molecule has 0 atom stereocenters. The van der Waals surface area contributed by atoms with Crippen LogP contribution in [-0.2, 0) is 6.54 Å². The number of aromatic nitrogens is 2. The van der Waals surface area contributed by atoms with Crippen LogP contribution in [0.15, 0.2) is 60.7 Å². The summed E-state index contributed by atoms with van der Waals surface area (Å²) in [6.07, 6.45) is 0. The Balaban J connectivity index is 1.87. The lowest BCUT2D eigenvalue weighted by Gasteiger charge is -2.21. The summed E-state index contributed by atoms with van der Waals surface area (Å²) in [6, 6.07) is 20.1. The SMILES string of the molecule is COc1cccc(CNc2cc(-c3ccccc3)nc(NC(C)(C)C)n2)c1. The van der Waals surface area contributed by atoms with Crippen molar-refractivity contribution in [2.45, 2.75) is 32.9 Å². The Kier molecular flexibility index (Phi) is 5.60. The maximum Gasteiger partial charge on any atom is 0.225 e. The lowest BCUT2D eigenvalue weighted by molar-refractivity contribution is 0.414. The van der Waals surface area contributed by atoms with Crippen LogP contribution >= 0.6 is 0 Å². The minimum atomic E-state index is -0.126. The molecule has 0 amide bonds. The molecule has 2 N–H and O–H groups in total. The van der Waals surface area contributed by atoms with Gasteiger partial charge in [0, 0.05) is 23.7 Å². The molecular weight excluding hydrogens is 336 g/mol. The minimum absolute atomic E-state index is 0.126. The third-order valence-corrected chi connectivity index (χ3v) is 3.89. The largest absolute Gasteiger partial charge is 0.497 e. The van der Waals surface area contributed by atoms with E-state index < -0.39 is 0 Å². The van der Waals surface area contributed by atoms with Gasteiger partial charge in [-0.15, -0.1) is 0 Å². The number of benzene rings is 2. The van der Waals surface area contributed by atoms with Gasteiger partial charge in [-0.3, -0.25) is 0 Å². The highest BCUT2D eigenvalue weighted by Gasteiger charge is 2.14. The molecule has 5 nitrogen and oxygen atoms in total. The Morgan fingerprint density at radius 1 is 0.926 bits per heavy atom. The van der Waals surface area contributed by atoms with Gasteiger partial charge in [-0.05, 0) is 38.5 Å². The normalized spacial score (nSPS) is 11.1. The van der Waals surface area contributed by atoms with Crippen molar-refractivity contribution in [2.24, 2.45) is 0 Å². The van der Waals surface area contributed by atoms with Crippen LogP contribution in [-0.4, -0.2) is 22.6 Å². The molecule has 1 heterocycles. The first-order valence-corrected chi connectivity index (χ1v) is 9.02. The zero-order chi connectivity index (χ0) is 19.3. The van der Waals surface area contributed by atoms with Crippen LogP contribution in [0.4, 0.5) is 11.8 Å². The quantitative estimate of drug-likeness (QED) is 0.648. The third-order valence-electron chi connectivity index (χ3n) is 3.89. The molecule has 0 aliphatic heterocycles. The van der Waals surface area contributed by atoms with E-state index in [1.807, 2.05) is 42.5 Å². The van der Waals surface area contributed by atoms with Crippen molar-refractivity contribution in [1.82, 2.24) is 9.97 Å². The molecule has 140 valence electrons. The summed E-state index contributed by atoms with van der Waals surface area (Å²) < 4.78 is 5.29. The van der Waals surface area contributed by atoms with Crippen molar-refractivity contribution in [3.63, 3.8) is 0 Å². The molecule has 0 unspecified atom stereocenters. The summed E-state index contributed by atoms with van der Waals surface area (Å²) in [5.74, 6) is 2.23. The van der Waals surface area contributed by atoms with E-state index in [-0.39, 0.29) is 5.54 Å². The highest BCUT2D eigenvalue weighted by atomic mass is 16.5. The Bertz CT molecular complexity index is 888. The van der Waals surface area contributed by atoms with Crippen LogP contribution in [0.25, 0.3) is 11.3 Å². The van der Waals surface area contributed by atoms with Gasteiger partial charge in [0.15, 0.2) is 0 Å². The number of rotatable bonds is 6. The molecule has 2 aromatic carbocycles. The third kappa shape index (κ3) is 5.45. The minimum Gasteiger partial charge on any atom is -0.497 e. The maximum atomic E-state index is 5.29. The number of nitrogens with zero attached hydrogens (tertiary/aromatic N) is 2. The Hall–Kier alpha value is -3.08. The number of hydrogen-bond donors (Lipinski definition) is 2. The van der Waals surface area contributed by atoms with Gasteiger partial charge in [-0.25, -0.2) is 4.98 Å². The van der Waals surface area contributed by atoms with Gasteiger partial charge >= 0.3 is 0 Å². The van der Waals surface area contributed by atoms with E-state index in [0.717, 1.165) is 28.4 Å². The molecule has 0 spiro atoms. The second-order valence-corrected chi connectivity index (χ2v) is 7.41. The molecule has 0 saturated heterocycles. The van der Waals surface area contributed by atoms with E-state index in [1.165, 1.54) is 0 Å². The van der Waals surface area contributed by atoms with Crippen LogP contribution in [0.1, 0.15) is 26.3 Å². The molecule has 27 heavy (non-hydrogen) atoms. The van der Waals surface area contributed by atoms with Crippen molar-refractivity contribution < 1.29 is 4.74 Å². The van der Waals surface area contributed by atoms with E-state index in [2.05, 4.69) is 59.6 Å². The van der Waals surface area contributed by atoms with Gasteiger partial charge in [0.2, 0.25) is 5.95 Å². The Morgan fingerprint density at radius 2 is 1.70 bits per heavy atom. The standard InChI is InChI=1S/C22H26N4O/c1-22(2,3)26-21-24-19(17-10-6-5-7-11-17)14-20(25-21)23-15-16-9-8-12-18(13-16)27-4/h5-14H,15H2,1-4H3,(H2,23,24,25,26). The van der Waals surface area contributed by atoms with Crippen LogP contribution in [0.5, 0.6) is 5.75 Å². The lowest BCUT2D eigenvalue weighted by Crippen LogP contribution is -2.27. The van der Waals surface area contributed by atoms with Crippen LogP contribution < -0.4 is 15.4 Å². The first kappa shape index (κ1) is 18.7. The number of methoxy groups -OCH3 is 1. The molecule has 0 aliphatic carbocycles. The van der Waals surface area contributed by atoms with E-state index in [1.54, 1.807) is 7.11 Å². The van der Waals surface area contributed by atoms with Gasteiger partial charge in [-0.1, -0.05) is 42.5 Å². The van der Waals surface area contributed by atoms with E-state index >= 15 is 0 Å². The highest BCUT2D eigenvalue weighted by molar-refractivity contribution is 5.64. The molecular formula is C22H26N4O. The molecule has 0 aliphatic rings. The van der Waals surface area contributed by atoms with Gasteiger partial charge in [-0.2, -0.15) is 4.98 Å². The summed E-state index contributed by atoms with van der Waals surface area (Å²) in [5.41, 5.74) is 2.94. The van der Waals surface area contributed by atoms with E-state index in [4.69, 9.17) is 4.74 Å². The van der Waals surface area contributed by atoms with Gasteiger partial charge in [0.1, 0.15) is 11.6 Å². The van der Waals surface area contributed by atoms with Crippen molar-refractivity contribution in [2.75, 3.05) is 17.7 Å². The molecule has 1 aromatic heterocycles. The summed E-state index contributed by atoms with van der Waals surface area (Å²) in [4.78, 5) is 9.33. The fourth-order valence-electron chi connectivity index (χ4n) is 2.66. The molecule has 0 saturated carbocycles. The van der Waals surface area contributed by atoms with Gasteiger partial charge in [0.25, 0.3) is 0 Å². The average Bonchev–Trinajstić information content (AvgIpc) is 2.66. The lowest BCUT2D eigenvalue weighted by atomic mass is 10.1. The number of anilines is 2. The van der Waals surface area contributed by atoms with Crippen LogP contribution in [0.2, 0.25) is 0 Å². The summed E-state index contributed by atoms with van der Waals surface area (Å²) in [5, 5.41) is 6.77. The fraction of sp³-hybridized carbons (Fsp3) is 0.273. The van der Waals surface area contributed by atoms with E-state index in [0.29, 0.717) is 12.5 Å². The predicted molar refractivity (Wildman–Crippen MR) is 111 cm³/mol. The summed E-state index contributed by atoms with van der Waals surface area (Å²) in [6.45, 7) is 6.93. The van der Waals surface area contributed by atoms with Gasteiger partial charge < -0.3 is 15.4 Å². The van der Waals surface area contributed by atoms with E-state index in [9.17, 15) is 0 Å². The van der Waals surface area contributed by atoms with Crippen molar-refractivity contribution in [1.29, 1.82) is 0 Å².